The number of nitrogens with one attached hydrogen (secondary N) is 3. The Bertz CT molecular complexity index is 764. The predicted octanol–water partition coefficient (Wildman–Crippen LogP) is 0.270. The van der Waals surface area contributed by atoms with Crippen molar-refractivity contribution in [3.8, 4) is 0 Å². The molecule has 3 N–H and O–H groups in total. The summed E-state index contributed by atoms with van der Waals surface area (Å²) in [4.78, 5) is 34.5. The maximum atomic E-state index is 12.8. The Kier molecular flexibility index (Phi) is 7.65. The van der Waals surface area contributed by atoms with E-state index in [2.05, 4.69) is 5.32 Å². The first-order valence-electron chi connectivity index (χ1n) is 7.57. The molecule has 26 heavy (non-hydrogen) atoms. The summed E-state index contributed by atoms with van der Waals surface area (Å²) in [6.45, 7) is 3.88. The average molecular weight is 389 g/mol. The van der Waals surface area contributed by atoms with Crippen molar-refractivity contribution in [3.05, 3.63) is 30.1 Å². The van der Waals surface area contributed by atoms with Gasteiger partial charge in [-0.3, -0.25) is 14.9 Å². The molecule has 0 heterocycles. The van der Waals surface area contributed by atoms with Crippen LogP contribution in [0.5, 0.6) is 0 Å². The van der Waals surface area contributed by atoms with Crippen LogP contribution in [0.1, 0.15) is 20.8 Å². The molecule has 0 unspecified atom stereocenters. The first-order chi connectivity index (χ1) is 12.0. The second-order valence-electron chi connectivity index (χ2n) is 5.53. The molecule has 0 aliphatic rings. The van der Waals surface area contributed by atoms with E-state index in [1.807, 2.05) is 10.0 Å². The van der Waals surface area contributed by atoms with Crippen molar-refractivity contribution in [1.82, 2.24) is 15.4 Å². The lowest BCUT2D eigenvalue weighted by Gasteiger charge is -2.14. The third kappa shape index (κ3) is 7.15. The largest absolute Gasteiger partial charge is 0.452 e. The number of carbonyl (C=O) groups is 3. The molecule has 11 heteroatoms. The molecule has 0 aromatic heterocycles. The van der Waals surface area contributed by atoms with Crippen molar-refractivity contribution in [1.29, 1.82) is 0 Å². The van der Waals surface area contributed by atoms with Gasteiger partial charge in [-0.2, -0.15) is 4.72 Å². The predicted molar refractivity (Wildman–Crippen MR) is 89.0 cm³/mol. The van der Waals surface area contributed by atoms with Gasteiger partial charge in [0.1, 0.15) is 12.4 Å². The van der Waals surface area contributed by atoms with Crippen LogP contribution in [-0.2, 0) is 24.3 Å². The van der Waals surface area contributed by atoms with Crippen LogP contribution in [0, 0.1) is 5.82 Å². The number of urea groups is 1. The highest BCUT2D eigenvalue weighted by Gasteiger charge is 2.22. The molecule has 1 atom stereocenters. The van der Waals surface area contributed by atoms with Crippen LogP contribution in [0.4, 0.5) is 9.18 Å². The molecular formula is C15H20FN3O6S. The van der Waals surface area contributed by atoms with E-state index < -0.39 is 46.4 Å². The van der Waals surface area contributed by atoms with Crippen molar-refractivity contribution in [2.24, 2.45) is 0 Å². The van der Waals surface area contributed by atoms with Gasteiger partial charge in [0.15, 0.2) is 6.10 Å². The fourth-order valence-electron chi connectivity index (χ4n) is 1.66. The van der Waals surface area contributed by atoms with E-state index in [0.29, 0.717) is 0 Å². The number of halogens is 1. The Morgan fingerprint density at radius 1 is 1.12 bits per heavy atom. The fraction of sp³-hybridized carbons (Fsp3) is 0.400. The number of hydrogen-bond acceptors (Lipinski definition) is 6. The number of hydrogen-bond donors (Lipinski definition) is 3. The maximum Gasteiger partial charge on any atom is 0.321 e. The first kappa shape index (κ1) is 21.5. The fourth-order valence-corrected chi connectivity index (χ4v) is 2.62. The van der Waals surface area contributed by atoms with Crippen molar-refractivity contribution in [3.63, 3.8) is 0 Å². The average Bonchev–Trinajstić information content (AvgIpc) is 2.52. The topological polar surface area (TPSA) is 131 Å². The maximum absolute atomic E-state index is 12.8. The molecule has 3 amide bonds. The molecule has 1 aromatic carbocycles. The molecule has 0 saturated carbocycles. The minimum Gasteiger partial charge on any atom is -0.452 e. The monoisotopic (exact) mass is 389 g/mol. The molecule has 0 radical (unpaired) electrons. The minimum absolute atomic E-state index is 0.193. The Balaban J connectivity index is 2.51. The summed E-state index contributed by atoms with van der Waals surface area (Å²) in [7, 11) is -4.04. The summed E-state index contributed by atoms with van der Waals surface area (Å²) in [6, 6.07) is 3.05. The third-order valence-electron chi connectivity index (χ3n) is 2.86. The van der Waals surface area contributed by atoms with Crippen LogP contribution in [0.3, 0.4) is 0 Å². The summed E-state index contributed by atoms with van der Waals surface area (Å²) in [5, 5.41) is 4.40. The lowest BCUT2D eigenvalue weighted by atomic mass is 10.3. The lowest BCUT2D eigenvalue weighted by Crippen LogP contribution is -2.47. The molecule has 0 saturated heterocycles. The number of sulfonamides is 1. The standard InChI is InChI=1S/C15H20FN3O6S/c1-9(2)18-15(22)19-14(21)10(3)25-13(20)8-17-26(23,24)12-6-4-11(16)5-7-12/h4-7,9-10,17H,8H2,1-3H3,(H2,18,19,21,22)/t10-/m0/s1. The summed E-state index contributed by atoms with van der Waals surface area (Å²) in [5.41, 5.74) is 0. The summed E-state index contributed by atoms with van der Waals surface area (Å²) in [5.74, 6) is -2.50. The van der Waals surface area contributed by atoms with Crippen molar-refractivity contribution in [2.75, 3.05) is 6.54 Å². The van der Waals surface area contributed by atoms with Gasteiger partial charge >= 0.3 is 12.0 Å². The highest BCUT2D eigenvalue weighted by atomic mass is 32.2. The number of benzene rings is 1. The Hall–Kier alpha value is -2.53. The van der Waals surface area contributed by atoms with Crippen LogP contribution >= 0.6 is 0 Å². The normalized spacial score (nSPS) is 12.3. The summed E-state index contributed by atoms with van der Waals surface area (Å²) in [6.07, 6.45) is -1.31. The zero-order valence-electron chi connectivity index (χ0n) is 14.4. The van der Waals surface area contributed by atoms with Crippen LogP contribution in [0.25, 0.3) is 0 Å². The molecule has 0 aliphatic heterocycles. The van der Waals surface area contributed by atoms with Gasteiger partial charge in [0.2, 0.25) is 10.0 Å². The second kappa shape index (κ2) is 9.25. The van der Waals surface area contributed by atoms with E-state index in [4.69, 9.17) is 4.74 Å². The lowest BCUT2D eigenvalue weighted by molar-refractivity contribution is -0.153. The van der Waals surface area contributed by atoms with Crippen molar-refractivity contribution in [2.45, 2.75) is 37.8 Å². The molecule has 1 aromatic rings. The number of rotatable bonds is 7. The van der Waals surface area contributed by atoms with Gasteiger partial charge in [-0.15, -0.1) is 0 Å². The number of amides is 3. The van der Waals surface area contributed by atoms with Gasteiger partial charge in [-0.05, 0) is 45.0 Å². The van der Waals surface area contributed by atoms with Crippen LogP contribution < -0.4 is 15.4 Å². The highest BCUT2D eigenvalue weighted by molar-refractivity contribution is 7.89. The second-order valence-corrected chi connectivity index (χ2v) is 7.29. The van der Waals surface area contributed by atoms with E-state index in [1.54, 1.807) is 13.8 Å². The quantitative estimate of drug-likeness (QED) is 0.574. The summed E-state index contributed by atoms with van der Waals surface area (Å²) < 4.78 is 43.4. The van der Waals surface area contributed by atoms with Crippen molar-refractivity contribution < 1.29 is 31.9 Å². The van der Waals surface area contributed by atoms with Gasteiger partial charge in [-0.25, -0.2) is 17.6 Å². The molecule has 0 spiro atoms. The third-order valence-corrected chi connectivity index (χ3v) is 4.28. The van der Waals surface area contributed by atoms with Crippen LogP contribution in [0.2, 0.25) is 0 Å². The van der Waals surface area contributed by atoms with Gasteiger partial charge in [-0.1, -0.05) is 0 Å². The molecular weight excluding hydrogens is 369 g/mol. The van der Waals surface area contributed by atoms with Crippen LogP contribution in [-0.4, -0.2) is 45.0 Å². The van der Waals surface area contributed by atoms with Crippen LogP contribution in [0.15, 0.2) is 29.2 Å². The number of ether oxygens (including phenoxy) is 1. The van der Waals surface area contributed by atoms with Gasteiger partial charge < -0.3 is 10.1 Å². The van der Waals surface area contributed by atoms with Gasteiger partial charge in [0, 0.05) is 6.04 Å². The van der Waals surface area contributed by atoms with Crippen molar-refractivity contribution >= 4 is 27.9 Å². The molecule has 1 rings (SSSR count). The number of carbonyl (C=O) groups excluding carboxylic acids is 3. The first-order valence-corrected chi connectivity index (χ1v) is 9.05. The van der Waals surface area contributed by atoms with E-state index in [0.717, 1.165) is 24.3 Å². The van der Waals surface area contributed by atoms with E-state index in [-0.39, 0.29) is 10.9 Å². The SMILES string of the molecule is CC(C)NC(=O)NC(=O)[C@H](C)OC(=O)CNS(=O)(=O)c1ccc(F)cc1. The zero-order valence-corrected chi connectivity index (χ0v) is 15.2. The number of esters is 1. The molecule has 9 nitrogen and oxygen atoms in total. The Morgan fingerprint density at radius 2 is 1.69 bits per heavy atom. The minimum atomic E-state index is -4.04. The smallest absolute Gasteiger partial charge is 0.321 e. The van der Waals surface area contributed by atoms with Gasteiger partial charge in [0.25, 0.3) is 5.91 Å². The van der Waals surface area contributed by atoms with Gasteiger partial charge in [0.05, 0.1) is 4.90 Å². The molecule has 144 valence electrons. The summed E-state index contributed by atoms with van der Waals surface area (Å²) >= 11 is 0. The van der Waals surface area contributed by atoms with E-state index in [1.165, 1.54) is 6.92 Å². The zero-order chi connectivity index (χ0) is 19.9. The van der Waals surface area contributed by atoms with E-state index >= 15 is 0 Å². The van der Waals surface area contributed by atoms with E-state index in [9.17, 15) is 27.2 Å². The Morgan fingerprint density at radius 3 is 2.23 bits per heavy atom. The highest BCUT2D eigenvalue weighted by Crippen LogP contribution is 2.09. The molecule has 0 aliphatic carbocycles. The Labute approximate surface area is 150 Å². The molecule has 0 fully saturated rings. The number of imide groups is 1. The molecule has 0 bridgehead atoms.